The van der Waals surface area contributed by atoms with Crippen molar-refractivity contribution < 1.29 is 4.79 Å². The molecule has 0 spiro atoms. The van der Waals surface area contributed by atoms with E-state index in [4.69, 9.17) is 0 Å². The van der Waals surface area contributed by atoms with Crippen LogP contribution in [-0.4, -0.2) is 24.0 Å². The fraction of sp³-hybridized carbons (Fsp3) is 0.941. The molecule has 1 heterocycles. The summed E-state index contributed by atoms with van der Waals surface area (Å²) < 4.78 is 0. The maximum atomic E-state index is 12.5. The zero-order valence-electron chi connectivity index (χ0n) is 12.9. The Labute approximate surface area is 123 Å². The van der Waals surface area contributed by atoms with Crippen LogP contribution in [0.25, 0.3) is 0 Å². The number of fused-ring (bicyclic) bond motifs is 1. The molecule has 3 rings (SSSR count). The van der Waals surface area contributed by atoms with Crippen molar-refractivity contribution in [2.75, 3.05) is 0 Å². The molecule has 1 amide bonds. The van der Waals surface area contributed by atoms with Gasteiger partial charge in [-0.05, 0) is 50.4 Å². The van der Waals surface area contributed by atoms with Crippen LogP contribution >= 0.6 is 0 Å². The van der Waals surface area contributed by atoms with Crippen LogP contribution in [0, 0.1) is 11.8 Å². The molecule has 0 bridgehead atoms. The Hall–Kier alpha value is -0.570. The molecular weight excluding hydrogens is 248 g/mol. The van der Waals surface area contributed by atoms with Gasteiger partial charge in [-0.15, -0.1) is 0 Å². The molecule has 2 aliphatic carbocycles. The SMILES string of the molecule is CC1CCCC(NC(=O)C2CC3CCCCC3N2)CC1. The van der Waals surface area contributed by atoms with Gasteiger partial charge in [-0.25, -0.2) is 0 Å². The molecule has 1 saturated heterocycles. The topological polar surface area (TPSA) is 41.1 Å². The molecule has 20 heavy (non-hydrogen) atoms. The van der Waals surface area contributed by atoms with Crippen LogP contribution in [0.15, 0.2) is 0 Å². The normalized spacial score (nSPS) is 41.8. The molecule has 5 unspecified atom stereocenters. The highest BCUT2D eigenvalue weighted by Gasteiger charge is 2.38. The number of carbonyl (C=O) groups excluding carboxylic acids is 1. The van der Waals surface area contributed by atoms with Gasteiger partial charge in [0.15, 0.2) is 0 Å². The third-order valence-electron chi connectivity index (χ3n) is 5.78. The Morgan fingerprint density at radius 3 is 2.70 bits per heavy atom. The van der Waals surface area contributed by atoms with E-state index in [9.17, 15) is 4.79 Å². The first-order valence-electron chi connectivity index (χ1n) is 8.79. The van der Waals surface area contributed by atoms with Crippen LogP contribution in [0.4, 0.5) is 0 Å². The number of hydrogen-bond acceptors (Lipinski definition) is 2. The predicted molar refractivity (Wildman–Crippen MR) is 81.5 cm³/mol. The summed E-state index contributed by atoms with van der Waals surface area (Å²) >= 11 is 0. The summed E-state index contributed by atoms with van der Waals surface area (Å²) in [5.41, 5.74) is 0. The van der Waals surface area contributed by atoms with E-state index in [1.807, 2.05) is 0 Å². The van der Waals surface area contributed by atoms with Gasteiger partial charge < -0.3 is 10.6 Å². The number of rotatable bonds is 2. The van der Waals surface area contributed by atoms with Gasteiger partial charge in [0.25, 0.3) is 0 Å². The summed E-state index contributed by atoms with van der Waals surface area (Å²) in [6.07, 6.45) is 12.6. The first kappa shape index (κ1) is 14.4. The molecule has 0 aromatic heterocycles. The molecule has 2 N–H and O–H groups in total. The van der Waals surface area contributed by atoms with Crippen molar-refractivity contribution in [2.24, 2.45) is 11.8 Å². The Bertz CT molecular complexity index is 330. The van der Waals surface area contributed by atoms with Crippen molar-refractivity contribution in [1.82, 2.24) is 10.6 Å². The average molecular weight is 278 g/mol. The molecule has 3 nitrogen and oxygen atoms in total. The van der Waals surface area contributed by atoms with E-state index in [2.05, 4.69) is 17.6 Å². The van der Waals surface area contributed by atoms with Crippen molar-refractivity contribution in [2.45, 2.75) is 89.3 Å². The molecule has 3 fully saturated rings. The first-order valence-corrected chi connectivity index (χ1v) is 8.79. The third-order valence-corrected chi connectivity index (χ3v) is 5.78. The summed E-state index contributed by atoms with van der Waals surface area (Å²) in [5.74, 6) is 1.87. The minimum Gasteiger partial charge on any atom is -0.352 e. The van der Waals surface area contributed by atoms with E-state index < -0.39 is 0 Å². The Morgan fingerprint density at radius 1 is 1.00 bits per heavy atom. The Balaban J connectivity index is 1.49. The molecule has 1 aliphatic heterocycles. The van der Waals surface area contributed by atoms with Gasteiger partial charge in [-0.3, -0.25) is 4.79 Å². The highest BCUT2D eigenvalue weighted by molar-refractivity contribution is 5.82. The van der Waals surface area contributed by atoms with E-state index in [1.165, 1.54) is 57.8 Å². The molecule has 0 aromatic rings. The zero-order chi connectivity index (χ0) is 13.9. The van der Waals surface area contributed by atoms with Crippen LogP contribution in [0.3, 0.4) is 0 Å². The summed E-state index contributed by atoms with van der Waals surface area (Å²) in [4.78, 5) is 12.5. The van der Waals surface area contributed by atoms with Crippen molar-refractivity contribution >= 4 is 5.91 Å². The van der Waals surface area contributed by atoms with Gasteiger partial charge in [0.05, 0.1) is 6.04 Å². The molecule has 3 aliphatic rings. The summed E-state index contributed by atoms with van der Waals surface area (Å²) in [6, 6.07) is 1.13. The lowest BCUT2D eigenvalue weighted by Gasteiger charge is -2.24. The summed E-state index contributed by atoms with van der Waals surface area (Å²) in [7, 11) is 0. The highest BCUT2D eigenvalue weighted by atomic mass is 16.2. The molecule has 5 atom stereocenters. The zero-order valence-corrected chi connectivity index (χ0v) is 12.9. The second-order valence-corrected chi connectivity index (χ2v) is 7.42. The lowest BCUT2D eigenvalue weighted by molar-refractivity contribution is -0.123. The Morgan fingerprint density at radius 2 is 1.85 bits per heavy atom. The van der Waals surface area contributed by atoms with Crippen LogP contribution < -0.4 is 10.6 Å². The minimum atomic E-state index is 0.0868. The first-order chi connectivity index (χ1) is 9.72. The van der Waals surface area contributed by atoms with Crippen molar-refractivity contribution in [3.63, 3.8) is 0 Å². The van der Waals surface area contributed by atoms with Gasteiger partial charge >= 0.3 is 0 Å². The highest BCUT2D eigenvalue weighted by Crippen LogP contribution is 2.33. The fourth-order valence-electron chi connectivity index (χ4n) is 4.45. The lowest BCUT2D eigenvalue weighted by atomic mass is 9.85. The standard InChI is InChI=1S/C17H30N2O/c1-12-5-4-7-14(10-9-12)18-17(20)16-11-13-6-2-3-8-15(13)19-16/h12-16,19H,2-11H2,1H3,(H,18,20). The van der Waals surface area contributed by atoms with Gasteiger partial charge in [-0.2, -0.15) is 0 Å². The number of nitrogens with one attached hydrogen (secondary N) is 2. The minimum absolute atomic E-state index is 0.0868. The van der Waals surface area contributed by atoms with Gasteiger partial charge in [0, 0.05) is 12.1 Å². The smallest absolute Gasteiger partial charge is 0.237 e. The van der Waals surface area contributed by atoms with E-state index >= 15 is 0 Å². The molecular formula is C17H30N2O. The van der Waals surface area contributed by atoms with Crippen molar-refractivity contribution in [3.05, 3.63) is 0 Å². The molecule has 0 radical (unpaired) electrons. The molecule has 3 heteroatoms. The second kappa shape index (κ2) is 6.46. The lowest BCUT2D eigenvalue weighted by Crippen LogP contribution is -2.46. The Kier molecular flexibility index (Phi) is 4.65. The van der Waals surface area contributed by atoms with Crippen molar-refractivity contribution in [3.8, 4) is 0 Å². The quantitative estimate of drug-likeness (QED) is 0.762. The largest absolute Gasteiger partial charge is 0.352 e. The van der Waals surface area contributed by atoms with Gasteiger partial charge in [-0.1, -0.05) is 32.6 Å². The van der Waals surface area contributed by atoms with Crippen LogP contribution in [0.5, 0.6) is 0 Å². The fourth-order valence-corrected chi connectivity index (χ4v) is 4.45. The second-order valence-electron chi connectivity index (χ2n) is 7.42. The number of amides is 1. The van der Waals surface area contributed by atoms with E-state index in [1.54, 1.807) is 0 Å². The van der Waals surface area contributed by atoms with Gasteiger partial charge in [0.1, 0.15) is 0 Å². The predicted octanol–water partition coefficient (Wildman–Crippen LogP) is 2.99. The van der Waals surface area contributed by atoms with E-state index in [0.29, 0.717) is 12.1 Å². The number of hydrogen-bond donors (Lipinski definition) is 2. The maximum Gasteiger partial charge on any atom is 0.237 e. The average Bonchev–Trinajstić information content (AvgIpc) is 2.78. The number of carbonyl (C=O) groups is 1. The third kappa shape index (κ3) is 3.36. The molecule has 114 valence electrons. The maximum absolute atomic E-state index is 12.5. The molecule has 2 saturated carbocycles. The van der Waals surface area contributed by atoms with Gasteiger partial charge in [0.2, 0.25) is 5.91 Å². The van der Waals surface area contributed by atoms with E-state index in [0.717, 1.165) is 18.3 Å². The summed E-state index contributed by atoms with van der Waals surface area (Å²) in [6.45, 7) is 2.34. The van der Waals surface area contributed by atoms with Crippen LogP contribution in [-0.2, 0) is 4.79 Å². The monoisotopic (exact) mass is 278 g/mol. The molecule has 0 aromatic carbocycles. The van der Waals surface area contributed by atoms with Crippen LogP contribution in [0.2, 0.25) is 0 Å². The van der Waals surface area contributed by atoms with E-state index in [-0.39, 0.29) is 11.9 Å². The van der Waals surface area contributed by atoms with Crippen molar-refractivity contribution in [1.29, 1.82) is 0 Å². The summed E-state index contributed by atoms with van der Waals surface area (Å²) in [5, 5.41) is 6.92. The van der Waals surface area contributed by atoms with Crippen LogP contribution in [0.1, 0.15) is 71.1 Å².